The van der Waals surface area contributed by atoms with Crippen molar-refractivity contribution in [3.05, 3.63) is 0 Å². The van der Waals surface area contributed by atoms with E-state index in [1.54, 1.807) is 0 Å². The molecular weight excluding hydrogens is 281 g/mol. The molecule has 0 spiro atoms. The summed E-state index contributed by atoms with van der Waals surface area (Å²) < 4.78 is 36.9. The zero-order valence-corrected chi connectivity index (χ0v) is 12.3. The van der Waals surface area contributed by atoms with Gasteiger partial charge in [0.2, 0.25) is 0 Å². The van der Waals surface area contributed by atoms with Crippen LogP contribution in [0.1, 0.15) is 38.5 Å². The Bertz CT molecular complexity index is 343. The molecule has 0 bridgehead atoms. The summed E-state index contributed by atoms with van der Waals surface area (Å²) in [5.41, 5.74) is 5.86. The van der Waals surface area contributed by atoms with Crippen molar-refractivity contribution in [2.24, 2.45) is 16.6 Å². The van der Waals surface area contributed by atoms with Gasteiger partial charge < -0.3 is 11.1 Å². The van der Waals surface area contributed by atoms with E-state index in [1.165, 1.54) is 17.7 Å². The lowest BCUT2D eigenvalue weighted by atomic mass is 9.97. The van der Waals surface area contributed by atoms with Gasteiger partial charge in [-0.3, -0.25) is 9.89 Å². The number of hydrogen-bond donors (Lipinski definition) is 2. The highest BCUT2D eigenvalue weighted by Gasteiger charge is 2.32. The van der Waals surface area contributed by atoms with Gasteiger partial charge in [0.1, 0.15) is 0 Å². The Morgan fingerprint density at radius 1 is 1.14 bits per heavy atom. The first-order chi connectivity index (χ1) is 9.92. The molecule has 2 aliphatic rings. The summed E-state index contributed by atoms with van der Waals surface area (Å²) in [5, 5.41) is 3.23. The molecule has 0 aromatic carbocycles. The number of alkyl halides is 3. The fraction of sp³-hybridized carbons (Fsp3) is 0.929. The third kappa shape index (κ3) is 6.11. The van der Waals surface area contributed by atoms with Crippen LogP contribution in [-0.2, 0) is 0 Å². The molecular formula is C14H25F3N4. The van der Waals surface area contributed by atoms with Crippen molar-refractivity contribution in [3.8, 4) is 0 Å². The largest absolute Gasteiger partial charge is 0.401 e. The van der Waals surface area contributed by atoms with Gasteiger partial charge in [-0.25, -0.2) is 0 Å². The van der Waals surface area contributed by atoms with Gasteiger partial charge in [-0.2, -0.15) is 13.2 Å². The summed E-state index contributed by atoms with van der Waals surface area (Å²) in [6, 6.07) is 0.447. The first kappa shape index (κ1) is 16.4. The third-order valence-electron chi connectivity index (χ3n) is 4.34. The summed E-state index contributed by atoms with van der Waals surface area (Å²) in [4.78, 5) is 5.83. The predicted octanol–water partition coefficient (Wildman–Crippen LogP) is 2.11. The van der Waals surface area contributed by atoms with Gasteiger partial charge in [0.15, 0.2) is 5.96 Å². The monoisotopic (exact) mass is 306 g/mol. The standard InChI is InChI=1S/C14H25F3N4/c15-14(16,17)10-21-7-5-11(6-8-21)9-19-13(18)20-12-3-1-2-4-12/h11-12H,1-10H2,(H3,18,19,20). The van der Waals surface area contributed by atoms with Crippen LogP contribution in [0, 0.1) is 5.92 Å². The van der Waals surface area contributed by atoms with Crippen LogP contribution in [0.2, 0.25) is 0 Å². The van der Waals surface area contributed by atoms with Gasteiger partial charge in [-0.1, -0.05) is 12.8 Å². The minimum absolute atomic E-state index is 0.346. The Balaban J connectivity index is 1.66. The highest BCUT2D eigenvalue weighted by Crippen LogP contribution is 2.22. The SMILES string of the molecule is NC(=NCC1CCN(CC(F)(F)F)CC1)NC1CCCC1. The number of likely N-dealkylation sites (tertiary alicyclic amines) is 1. The van der Waals surface area contributed by atoms with E-state index in [-0.39, 0.29) is 0 Å². The molecule has 7 heteroatoms. The van der Waals surface area contributed by atoms with E-state index in [4.69, 9.17) is 5.73 Å². The predicted molar refractivity (Wildman–Crippen MR) is 77.1 cm³/mol. The van der Waals surface area contributed by atoms with Gasteiger partial charge >= 0.3 is 6.18 Å². The van der Waals surface area contributed by atoms with Crippen molar-refractivity contribution in [2.45, 2.75) is 50.7 Å². The molecule has 4 nitrogen and oxygen atoms in total. The number of guanidine groups is 1. The summed E-state index contributed by atoms with van der Waals surface area (Å²) >= 11 is 0. The van der Waals surface area contributed by atoms with Gasteiger partial charge in [-0.15, -0.1) is 0 Å². The van der Waals surface area contributed by atoms with Crippen molar-refractivity contribution >= 4 is 5.96 Å². The van der Waals surface area contributed by atoms with Crippen LogP contribution < -0.4 is 11.1 Å². The molecule has 0 atom stereocenters. The molecule has 0 unspecified atom stereocenters. The third-order valence-corrected chi connectivity index (χ3v) is 4.34. The maximum Gasteiger partial charge on any atom is 0.401 e. The molecule has 0 aromatic heterocycles. The van der Waals surface area contributed by atoms with E-state index in [2.05, 4.69) is 10.3 Å². The summed E-state index contributed by atoms with van der Waals surface area (Å²) in [5.74, 6) is 0.832. The number of rotatable bonds is 4. The van der Waals surface area contributed by atoms with Crippen LogP contribution in [0.3, 0.4) is 0 Å². The van der Waals surface area contributed by atoms with E-state index in [9.17, 15) is 13.2 Å². The minimum atomic E-state index is -4.10. The first-order valence-electron chi connectivity index (χ1n) is 7.78. The van der Waals surface area contributed by atoms with Gasteiger partial charge in [0.25, 0.3) is 0 Å². The molecule has 1 saturated heterocycles. The lowest BCUT2D eigenvalue weighted by Crippen LogP contribution is -2.41. The van der Waals surface area contributed by atoms with E-state index >= 15 is 0 Å². The molecule has 0 radical (unpaired) electrons. The smallest absolute Gasteiger partial charge is 0.370 e. The highest BCUT2D eigenvalue weighted by molar-refractivity contribution is 5.78. The normalized spacial score (nSPS) is 23.7. The van der Waals surface area contributed by atoms with Crippen LogP contribution in [0.25, 0.3) is 0 Å². The molecule has 2 fully saturated rings. The second kappa shape index (κ2) is 7.33. The molecule has 1 heterocycles. The molecule has 1 aliphatic carbocycles. The van der Waals surface area contributed by atoms with Crippen LogP contribution in [-0.4, -0.2) is 49.3 Å². The highest BCUT2D eigenvalue weighted by atomic mass is 19.4. The van der Waals surface area contributed by atoms with Gasteiger partial charge in [0.05, 0.1) is 6.54 Å². The van der Waals surface area contributed by atoms with Gasteiger partial charge in [-0.05, 0) is 44.7 Å². The average molecular weight is 306 g/mol. The van der Waals surface area contributed by atoms with Crippen molar-refractivity contribution in [2.75, 3.05) is 26.2 Å². The second-order valence-electron chi connectivity index (χ2n) is 6.19. The number of hydrogen-bond acceptors (Lipinski definition) is 2. The average Bonchev–Trinajstić information content (AvgIpc) is 2.89. The minimum Gasteiger partial charge on any atom is -0.370 e. The van der Waals surface area contributed by atoms with Crippen LogP contribution in [0.15, 0.2) is 4.99 Å². The lowest BCUT2D eigenvalue weighted by molar-refractivity contribution is -0.148. The molecule has 122 valence electrons. The Labute approximate surface area is 124 Å². The van der Waals surface area contributed by atoms with Crippen LogP contribution in [0.5, 0.6) is 0 Å². The van der Waals surface area contributed by atoms with E-state index in [0.29, 0.717) is 37.6 Å². The molecule has 2 rings (SSSR count). The van der Waals surface area contributed by atoms with E-state index < -0.39 is 12.7 Å². The van der Waals surface area contributed by atoms with Crippen molar-refractivity contribution in [1.82, 2.24) is 10.2 Å². The Kier molecular flexibility index (Phi) is 5.72. The molecule has 1 saturated carbocycles. The topological polar surface area (TPSA) is 53.6 Å². The number of piperidine rings is 1. The quantitative estimate of drug-likeness (QED) is 0.618. The van der Waals surface area contributed by atoms with Gasteiger partial charge in [0, 0.05) is 12.6 Å². The van der Waals surface area contributed by atoms with Crippen molar-refractivity contribution in [1.29, 1.82) is 0 Å². The van der Waals surface area contributed by atoms with Crippen molar-refractivity contribution < 1.29 is 13.2 Å². The summed E-state index contributed by atoms with van der Waals surface area (Å²) in [6.07, 6.45) is 2.19. The fourth-order valence-electron chi connectivity index (χ4n) is 3.13. The number of aliphatic imine (C=N–C) groups is 1. The first-order valence-corrected chi connectivity index (χ1v) is 7.78. The zero-order valence-electron chi connectivity index (χ0n) is 12.3. The maximum absolute atomic E-state index is 12.3. The number of nitrogens with zero attached hydrogens (tertiary/aromatic N) is 2. The van der Waals surface area contributed by atoms with E-state index in [1.807, 2.05) is 0 Å². The van der Waals surface area contributed by atoms with Crippen molar-refractivity contribution in [3.63, 3.8) is 0 Å². The van der Waals surface area contributed by atoms with E-state index in [0.717, 1.165) is 25.7 Å². The number of nitrogens with one attached hydrogen (secondary N) is 1. The summed E-state index contributed by atoms with van der Waals surface area (Å²) in [7, 11) is 0. The number of halogens is 3. The summed E-state index contributed by atoms with van der Waals surface area (Å²) in [6.45, 7) is 0.811. The fourth-order valence-corrected chi connectivity index (χ4v) is 3.13. The Hall–Kier alpha value is -0.980. The maximum atomic E-state index is 12.3. The zero-order chi connectivity index (χ0) is 15.3. The Morgan fingerprint density at radius 2 is 1.76 bits per heavy atom. The second-order valence-corrected chi connectivity index (χ2v) is 6.19. The molecule has 21 heavy (non-hydrogen) atoms. The van der Waals surface area contributed by atoms with Crippen LogP contribution >= 0.6 is 0 Å². The lowest BCUT2D eigenvalue weighted by Gasteiger charge is -2.31. The Morgan fingerprint density at radius 3 is 2.33 bits per heavy atom. The van der Waals surface area contributed by atoms with Crippen LogP contribution in [0.4, 0.5) is 13.2 Å². The molecule has 1 aliphatic heterocycles. The molecule has 0 aromatic rings. The number of nitrogens with two attached hydrogens (primary N) is 1. The molecule has 3 N–H and O–H groups in total. The molecule has 0 amide bonds.